The van der Waals surface area contributed by atoms with Crippen molar-refractivity contribution in [3.63, 3.8) is 0 Å². The Morgan fingerprint density at radius 2 is 2.00 bits per heavy atom. The molecule has 1 aliphatic heterocycles. The molecule has 0 aliphatic carbocycles. The first-order valence-electron chi connectivity index (χ1n) is 10.7. The lowest BCUT2D eigenvalue weighted by Crippen LogP contribution is -2.41. The number of hydrogen-bond donors (Lipinski definition) is 0. The average Bonchev–Trinajstić information content (AvgIpc) is 3.25. The van der Waals surface area contributed by atoms with Gasteiger partial charge in [0.15, 0.2) is 6.61 Å². The molecule has 1 aliphatic rings. The van der Waals surface area contributed by atoms with Crippen molar-refractivity contribution in [3.8, 4) is 5.75 Å². The van der Waals surface area contributed by atoms with E-state index in [0.29, 0.717) is 24.5 Å². The van der Waals surface area contributed by atoms with Crippen LogP contribution in [0, 0.1) is 0 Å². The summed E-state index contributed by atoms with van der Waals surface area (Å²) in [5, 5.41) is 3.82. The van der Waals surface area contributed by atoms with E-state index in [0.717, 1.165) is 17.4 Å². The normalized spacial score (nSPS) is 17.2. The SMILES string of the molecule is CC(C)(C)c1ccc(OCC(=O)N2CCC[C@@H](c3cc(C(F)F)n4ncnc4n3)C2)cc1. The van der Waals surface area contributed by atoms with Crippen molar-refractivity contribution >= 4 is 11.7 Å². The number of amides is 1. The number of carbonyl (C=O) groups is 1. The zero-order chi connectivity index (χ0) is 22.9. The van der Waals surface area contributed by atoms with Crippen LogP contribution in [0.3, 0.4) is 0 Å². The number of likely N-dealkylation sites (tertiary alicyclic amines) is 1. The largest absolute Gasteiger partial charge is 0.484 e. The summed E-state index contributed by atoms with van der Waals surface area (Å²) in [6.07, 6.45) is 0.0412. The quantitative estimate of drug-likeness (QED) is 0.593. The molecule has 7 nitrogen and oxygen atoms in total. The van der Waals surface area contributed by atoms with Gasteiger partial charge in [0.1, 0.15) is 17.8 Å². The summed E-state index contributed by atoms with van der Waals surface area (Å²) in [5.41, 5.74) is 1.51. The van der Waals surface area contributed by atoms with E-state index < -0.39 is 6.43 Å². The lowest BCUT2D eigenvalue weighted by molar-refractivity contribution is -0.134. The zero-order valence-corrected chi connectivity index (χ0v) is 18.5. The predicted octanol–water partition coefficient (Wildman–Crippen LogP) is 4.14. The molecule has 0 spiro atoms. The van der Waals surface area contributed by atoms with Crippen molar-refractivity contribution in [2.24, 2.45) is 0 Å². The molecule has 3 aromatic rings. The molecule has 3 heterocycles. The summed E-state index contributed by atoms with van der Waals surface area (Å²) in [7, 11) is 0. The zero-order valence-electron chi connectivity index (χ0n) is 18.5. The van der Waals surface area contributed by atoms with E-state index in [2.05, 4.69) is 35.8 Å². The molecule has 1 fully saturated rings. The number of alkyl halides is 2. The van der Waals surface area contributed by atoms with E-state index in [4.69, 9.17) is 4.74 Å². The Balaban J connectivity index is 1.41. The van der Waals surface area contributed by atoms with Gasteiger partial charge in [0.25, 0.3) is 18.1 Å². The van der Waals surface area contributed by atoms with Crippen molar-refractivity contribution in [1.82, 2.24) is 24.5 Å². The van der Waals surface area contributed by atoms with Crippen molar-refractivity contribution in [2.75, 3.05) is 19.7 Å². The van der Waals surface area contributed by atoms with Crippen LogP contribution in [0.4, 0.5) is 8.78 Å². The third kappa shape index (κ3) is 4.71. The van der Waals surface area contributed by atoms with Gasteiger partial charge >= 0.3 is 0 Å². The average molecular weight is 443 g/mol. The minimum absolute atomic E-state index is 0.0465. The van der Waals surface area contributed by atoms with E-state index in [1.165, 1.54) is 18.0 Å². The number of aromatic nitrogens is 4. The first-order valence-corrected chi connectivity index (χ1v) is 10.7. The van der Waals surface area contributed by atoms with Crippen LogP contribution in [0.1, 0.15) is 62.9 Å². The number of rotatable bonds is 5. The van der Waals surface area contributed by atoms with Crippen LogP contribution in [0.2, 0.25) is 0 Å². The van der Waals surface area contributed by atoms with Crippen molar-refractivity contribution in [2.45, 2.75) is 51.4 Å². The van der Waals surface area contributed by atoms with Gasteiger partial charge in [0.2, 0.25) is 0 Å². The van der Waals surface area contributed by atoms with Crippen LogP contribution in [0.5, 0.6) is 5.75 Å². The van der Waals surface area contributed by atoms with E-state index in [-0.39, 0.29) is 35.3 Å². The van der Waals surface area contributed by atoms with Gasteiger partial charge in [-0.2, -0.15) is 14.6 Å². The smallest absolute Gasteiger partial charge is 0.280 e. The Bertz CT molecular complexity index is 1090. The molecule has 0 radical (unpaired) electrons. The summed E-state index contributed by atoms with van der Waals surface area (Å²) in [6.45, 7) is 7.36. The second kappa shape index (κ2) is 8.80. The monoisotopic (exact) mass is 443 g/mol. The summed E-state index contributed by atoms with van der Waals surface area (Å²) < 4.78 is 33.7. The maximum atomic E-state index is 13.5. The van der Waals surface area contributed by atoms with Crippen molar-refractivity contribution in [1.29, 1.82) is 0 Å². The fourth-order valence-electron chi connectivity index (χ4n) is 3.95. The van der Waals surface area contributed by atoms with Gasteiger partial charge < -0.3 is 9.64 Å². The number of ether oxygens (including phenoxy) is 1. The van der Waals surface area contributed by atoms with Crippen molar-refractivity contribution in [3.05, 3.63) is 53.6 Å². The number of nitrogens with zero attached hydrogens (tertiary/aromatic N) is 5. The highest BCUT2D eigenvalue weighted by Gasteiger charge is 2.28. The number of fused-ring (bicyclic) bond motifs is 1. The second-order valence-electron chi connectivity index (χ2n) is 9.12. The minimum Gasteiger partial charge on any atom is -0.484 e. The fraction of sp³-hybridized carbons (Fsp3) is 0.478. The highest BCUT2D eigenvalue weighted by atomic mass is 19.3. The molecule has 1 atom stereocenters. The molecule has 4 rings (SSSR count). The summed E-state index contributed by atoms with van der Waals surface area (Å²) in [6, 6.07) is 9.12. The van der Waals surface area contributed by atoms with Gasteiger partial charge in [0, 0.05) is 19.0 Å². The van der Waals surface area contributed by atoms with E-state index in [1.54, 1.807) is 4.90 Å². The topological polar surface area (TPSA) is 72.6 Å². The summed E-state index contributed by atoms with van der Waals surface area (Å²) >= 11 is 0. The van der Waals surface area contributed by atoms with Gasteiger partial charge in [-0.05, 0) is 42.0 Å². The summed E-state index contributed by atoms with van der Waals surface area (Å²) in [5.74, 6) is 0.508. The Morgan fingerprint density at radius 1 is 1.25 bits per heavy atom. The lowest BCUT2D eigenvalue weighted by atomic mass is 9.87. The molecule has 1 aromatic carbocycles. The third-order valence-electron chi connectivity index (χ3n) is 5.80. The molecule has 0 N–H and O–H groups in total. The number of hydrogen-bond acceptors (Lipinski definition) is 5. The third-order valence-corrected chi connectivity index (χ3v) is 5.80. The Morgan fingerprint density at radius 3 is 2.69 bits per heavy atom. The Kier molecular flexibility index (Phi) is 6.08. The summed E-state index contributed by atoms with van der Waals surface area (Å²) in [4.78, 5) is 22.8. The van der Waals surface area contributed by atoms with Crippen LogP contribution in [0.25, 0.3) is 5.78 Å². The molecule has 0 unspecified atom stereocenters. The molecule has 32 heavy (non-hydrogen) atoms. The molecule has 170 valence electrons. The molecule has 1 amide bonds. The number of piperidine rings is 1. The minimum atomic E-state index is -2.69. The van der Waals surface area contributed by atoms with Crippen LogP contribution in [-0.4, -0.2) is 50.1 Å². The molecular formula is C23H27F2N5O2. The first kappa shape index (κ1) is 22.1. The second-order valence-corrected chi connectivity index (χ2v) is 9.12. The molecular weight excluding hydrogens is 416 g/mol. The van der Waals surface area contributed by atoms with Gasteiger partial charge in [-0.15, -0.1) is 0 Å². The maximum absolute atomic E-state index is 13.5. The lowest BCUT2D eigenvalue weighted by Gasteiger charge is -2.32. The van der Waals surface area contributed by atoms with E-state index in [9.17, 15) is 13.6 Å². The highest BCUT2D eigenvalue weighted by Crippen LogP contribution is 2.29. The number of carbonyl (C=O) groups excluding carboxylic acids is 1. The molecule has 9 heteroatoms. The van der Waals surface area contributed by atoms with Gasteiger partial charge in [-0.3, -0.25) is 4.79 Å². The standard InChI is InChI=1S/C23H27F2N5O2/c1-23(2,3)16-6-8-17(9-7-16)32-13-20(31)29-10-4-5-15(12-29)18-11-19(21(24)25)30-22(28-18)26-14-27-30/h6-9,11,14-15,21H,4-5,10,12-13H2,1-3H3/t15-/m1/s1. The molecule has 2 aromatic heterocycles. The Labute approximate surface area is 185 Å². The van der Waals surface area contributed by atoms with E-state index >= 15 is 0 Å². The van der Waals surface area contributed by atoms with Crippen LogP contribution in [0.15, 0.2) is 36.7 Å². The molecule has 0 saturated carbocycles. The first-order chi connectivity index (χ1) is 15.2. The van der Waals surface area contributed by atoms with Gasteiger partial charge in [-0.25, -0.2) is 13.8 Å². The van der Waals surface area contributed by atoms with Crippen LogP contribution in [-0.2, 0) is 10.2 Å². The maximum Gasteiger partial charge on any atom is 0.280 e. The number of benzene rings is 1. The predicted molar refractivity (Wildman–Crippen MR) is 115 cm³/mol. The van der Waals surface area contributed by atoms with E-state index in [1.807, 2.05) is 24.3 Å². The van der Waals surface area contributed by atoms with Crippen LogP contribution >= 0.6 is 0 Å². The van der Waals surface area contributed by atoms with Gasteiger partial charge in [-0.1, -0.05) is 32.9 Å². The molecule has 1 saturated heterocycles. The fourth-order valence-corrected chi connectivity index (χ4v) is 3.95. The highest BCUT2D eigenvalue weighted by molar-refractivity contribution is 5.78. The Hall–Kier alpha value is -3.10. The van der Waals surface area contributed by atoms with Gasteiger partial charge in [0.05, 0.1) is 5.69 Å². The van der Waals surface area contributed by atoms with Crippen molar-refractivity contribution < 1.29 is 18.3 Å². The molecule has 0 bridgehead atoms. The number of halogens is 2. The van der Waals surface area contributed by atoms with Crippen LogP contribution < -0.4 is 4.74 Å².